The molecule has 1 atom stereocenters. The van der Waals surface area contributed by atoms with E-state index in [2.05, 4.69) is 0 Å². The van der Waals surface area contributed by atoms with Gasteiger partial charge < -0.3 is 14.9 Å². The predicted molar refractivity (Wildman–Crippen MR) is 75.4 cm³/mol. The quantitative estimate of drug-likeness (QED) is 0.873. The maximum atomic E-state index is 12.3. The van der Waals surface area contributed by atoms with E-state index in [1.807, 2.05) is 31.4 Å². The fraction of sp³-hybridized carbons (Fsp3) is 0.538. The molecule has 19 heavy (non-hydrogen) atoms. The van der Waals surface area contributed by atoms with E-state index in [0.717, 1.165) is 11.3 Å². The van der Waals surface area contributed by atoms with Crippen molar-refractivity contribution >= 4 is 23.3 Å². The molecule has 0 aromatic carbocycles. The van der Waals surface area contributed by atoms with E-state index in [1.54, 1.807) is 23.3 Å². The molecule has 0 saturated carbocycles. The van der Waals surface area contributed by atoms with E-state index in [9.17, 15) is 9.59 Å². The third-order valence-electron chi connectivity index (χ3n) is 2.93. The van der Waals surface area contributed by atoms with Crippen LogP contribution >= 0.6 is 11.3 Å². The minimum Gasteiger partial charge on any atom is -0.480 e. The van der Waals surface area contributed by atoms with Crippen LogP contribution in [-0.2, 0) is 4.79 Å². The van der Waals surface area contributed by atoms with E-state index < -0.39 is 5.97 Å². The zero-order chi connectivity index (χ0) is 14.4. The van der Waals surface area contributed by atoms with Crippen molar-refractivity contribution in [1.29, 1.82) is 0 Å². The van der Waals surface area contributed by atoms with Crippen molar-refractivity contribution in [2.24, 2.45) is 0 Å². The summed E-state index contributed by atoms with van der Waals surface area (Å²) in [5, 5.41) is 10.8. The molecule has 0 aliphatic heterocycles. The minimum absolute atomic E-state index is 0.0550. The Morgan fingerprint density at radius 2 is 2.16 bits per heavy atom. The van der Waals surface area contributed by atoms with E-state index in [0.29, 0.717) is 6.54 Å². The van der Waals surface area contributed by atoms with Gasteiger partial charge in [-0.05, 0) is 24.8 Å². The fourth-order valence-corrected chi connectivity index (χ4v) is 2.61. The number of carbonyl (C=O) groups is 2. The minimum atomic E-state index is -0.987. The lowest BCUT2D eigenvalue weighted by Gasteiger charge is -2.30. The van der Waals surface area contributed by atoms with Crippen LogP contribution in [0.1, 0.15) is 31.2 Å². The molecule has 0 radical (unpaired) electrons. The first-order valence-electron chi connectivity index (χ1n) is 6.24. The van der Waals surface area contributed by atoms with E-state index in [4.69, 9.17) is 5.11 Å². The molecule has 1 aromatic rings. The van der Waals surface area contributed by atoms with Crippen molar-refractivity contribution < 1.29 is 14.7 Å². The second-order valence-electron chi connectivity index (χ2n) is 4.40. The molecule has 2 amide bonds. The van der Waals surface area contributed by atoms with Crippen molar-refractivity contribution in [2.45, 2.75) is 26.3 Å². The van der Waals surface area contributed by atoms with Gasteiger partial charge in [-0.1, -0.05) is 13.0 Å². The Morgan fingerprint density at radius 3 is 2.63 bits per heavy atom. The van der Waals surface area contributed by atoms with Crippen molar-refractivity contribution in [3.8, 4) is 0 Å². The SMILES string of the molecule is CCCN(CC(=O)O)C(=O)N(C)C(C)c1cccs1. The van der Waals surface area contributed by atoms with Crippen LogP contribution in [0.15, 0.2) is 17.5 Å². The fourth-order valence-electron chi connectivity index (χ4n) is 1.78. The second kappa shape index (κ2) is 7.13. The molecule has 0 bridgehead atoms. The smallest absolute Gasteiger partial charge is 0.323 e. The molecular weight excluding hydrogens is 264 g/mol. The monoisotopic (exact) mass is 284 g/mol. The van der Waals surface area contributed by atoms with Crippen LogP contribution in [-0.4, -0.2) is 47.0 Å². The Kier molecular flexibility index (Phi) is 5.82. The molecule has 106 valence electrons. The third-order valence-corrected chi connectivity index (χ3v) is 3.97. The van der Waals surface area contributed by atoms with Gasteiger partial charge in [0.05, 0.1) is 6.04 Å². The lowest BCUT2D eigenvalue weighted by molar-refractivity contribution is -0.137. The lowest BCUT2D eigenvalue weighted by Crippen LogP contribution is -2.44. The van der Waals surface area contributed by atoms with Gasteiger partial charge in [0.1, 0.15) is 6.54 Å². The van der Waals surface area contributed by atoms with Crippen LogP contribution in [0.5, 0.6) is 0 Å². The molecule has 1 unspecified atom stereocenters. The highest BCUT2D eigenvalue weighted by Gasteiger charge is 2.24. The Morgan fingerprint density at radius 1 is 1.47 bits per heavy atom. The van der Waals surface area contributed by atoms with Crippen molar-refractivity contribution in [1.82, 2.24) is 9.80 Å². The molecule has 5 nitrogen and oxygen atoms in total. The maximum Gasteiger partial charge on any atom is 0.323 e. The number of hydrogen-bond acceptors (Lipinski definition) is 3. The standard InChI is InChI=1S/C13H20N2O3S/c1-4-7-15(9-12(16)17)13(18)14(3)10(2)11-6-5-8-19-11/h5-6,8,10H,4,7,9H2,1-3H3,(H,16,17). The first-order valence-corrected chi connectivity index (χ1v) is 7.12. The summed E-state index contributed by atoms with van der Waals surface area (Å²) in [4.78, 5) is 27.1. The number of urea groups is 1. The van der Waals surface area contributed by atoms with E-state index >= 15 is 0 Å². The average molecular weight is 284 g/mol. The van der Waals surface area contributed by atoms with Crippen molar-refractivity contribution in [2.75, 3.05) is 20.1 Å². The Balaban J connectivity index is 2.75. The summed E-state index contributed by atoms with van der Waals surface area (Å²) in [6.07, 6.45) is 0.736. The van der Waals surface area contributed by atoms with Crippen LogP contribution in [0.2, 0.25) is 0 Å². The summed E-state index contributed by atoms with van der Waals surface area (Å²) >= 11 is 1.59. The number of hydrogen-bond donors (Lipinski definition) is 1. The van der Waals surface area contributed by atoms with Crippen LogP contribution in [0.4, 0.5) is 4.79 Å². The first-order chi connectivity index (χ1) is 8.97. The van der Waals surface area contributed by atoms with Gasteiger partial charge in [0.2, 0.25) is 0 Å². The number of nitrogens with zero attached hydrogens (tertiary/aromatic N) is 2. The van der Waals surface area contributed by atoms with Crippen molar-refractivity contribution in [3.05, 3.63) is 22.4 Å². The summed E-state index contributed by atoms with van der Waals surface area (Å²) in [6, 6.07) is 3.61. The number of carbonyl (C=O) groups excluding carboxylic acids is 1. The van der Waals surface area contributed by atoms with Gasteiger partial charge in [0, 0.05) is 18.5 Å². The number of carboxylic acids is 1. The Labute approximate surface area is 117 Å². The molecule has 0 aliphatic carbocycles. The number of aliphatic carboxylic acids is 1. The van der Waals surface area contributed by atoms with E-state index in [1.165, 1.54) is 4.90 Å². The molecule has 1 heterocycles. The molecule has 0 saturated heterocycles. The Bertz CT molecular complexity index is 420. The van der Waals surface area contributed by atoms with Crippen LogP contribution in [0.25, 0.3) is 0 Å². The molecule has 0 aliphatic rings. The van der Waals surface area contributed by atoms with Gasteiger partial charge in [0.15, 0.2) is 0 Å². The van der Waals surface area contributed by atoms with Gasteiger partial charge in [-0.25, -0.2) is 4.79 Å². The van der Waals surface area contributed by atoms with Crippen LogP contribution in [0, 0.1) is 0 Å². The van der Waals surface area contributed by atoms with Gasteiger partial charge in [-0.15, -0.1) is 11.3 Å². The van der Waals surface area contributed by atoms with Crippen LogP contribution in [0.3, 0.4) is 0 Å². The number of amides is 2. The Hall–Kier alpha value is -1.56. The zero-order valence-corrected chi connectivity index (χ0v) is 12.3. The van der Waals surface area contributed by atoms with Gasteiger partial charge in [-0.2, -0.15) is 0 Å². The molecule has 1 rings (SSSR count). The average Bonchev–Trinajstić information content (AvgIpc) is 2.89. The lowest BCUT2D eigenvalue weighted by atomic mass is 10.2. The summed E-state index contributed by atoms with van der Waals surface area (Å²) in [5.41, 5.74) is 0. The number of carboxylic acid groups (broad SMARTS) is 1. The molecule has 0 fully saturated rings. The van der Waals surface area contributed by atoms with Gasteiger partial charge in [-0.3, -0.25) is 4.79 Å². The van der Waals surface area contributed by atoms with Crippen LogP contribution < -0.4 is 0 Å². The summed E-state index contributed by atoms with van der Waals surface area (Å²) in [5.74, 6) is -0.987. The summed E-state index contributed by atoms with van der Waals surface area (Å²) < 4.78 is 0. The third kappa shape index (κ3) is 4.24. The van der Waals surface area contributed by atoms with Crippen molar-refractivity contribution in [3.63, 3.8) is 0 Å². The zero-order valence-electron chi connectivity index (χ0n) is 11.5. The highest BCUT2D eigenvalue weighted by atomic mass is 32.1. The largest absolute Gasteiger partial charge is 0.480 e. The molecule has 6 heteroatoms. The normalized spacial score (nSPS) is 11.9. The first kappa shape index (κ1) is 15.5. The van der Waals surface area contributed by atoms with E-state index in [-0.39, 0.29) is 18.6 Å². The van der Waals surface area contributed by atoms with Gasteiger partial charge in [0.25, 0.3) is 0 Å². The summed E-state index contributed by atoms with van der Waals surface area (Å²) in [7, 11) is 1.71. The number of thiophene rings is 1. The topological polar surface area (TPSA) is 60.9 Å². The second-order valence-corrected chi connectivity index (χ2v) is 5.38. The maximum absolute atomic E-state index is 12.3. The molecule has 0 spiro atoms. The molecule has 1 N–H and O–H groups in total. The van der Waals surface area contributed by atoms with Gasteiger partial charge >= 0.3 is 12.0 Å². The number of rotatable bonds is 6. The predicted octanol–water partition coefficient (Wildman–Crippen LogP) is 2.66. The summed E-state index contributed by atoms with van der Waals surface area (Å²) in [6.45, 7) is 4.06. The molecular formula is C13H20N2O3S. The molecule has 1 aromatic heterocycles. The highest BCUT2D eigenvalue weighted by molar-refractivity contribution is 7.10. The highest BCUT2D eigenvalue weighted by Crippen LogP contribution is 2.24.